The number of benzene rings is 1. The van der Waals surface area contributed by atoms with Gasteiger partial charge in [-0.3, -0.25) is 4.21 Å². The van der Waals surface area contributed by atoms with E-state index in [0.29, 0.717) is 10.8 Å². The molecule has 1 nitrogen and oxygen atoms in total. The quantitative estimate of drug-likeness (QED) is 0.697. The van der Waals surface area contributed by atoms with Gasteiger partial charge in [-0.25, -0.2) is 0 Å². The van der Waals surface area contributed by atoms with Crippen molar-refractivity contribution in [1.29, 1.82) is 0 Å². The van der Waals surface area contributed by atoms with Gasteiger partial charge in [-0.1, -0.05) is 30.7 Å². The summed E-state index contributed by atoms with van der Waals surface area (Å²) in [5.74, 6) is 0.615. The highest BCUT2D eigenvalue weighted by molar-refractivity contribution is 7.85. The smallest absolute Gasteiger partial charge is 0.0574 e. The first kappa shape index (κ1) is 8.75. The molecule has 0 aliphatic rings. The fourth-order valence-electron chi connectivity index (χ4n) is 0.785. The van der Waals surface area contributed by atoms with Gasteiger partial charge < -0.3 is 0 Å². The molecule has 0 heterocycles. The molecule has 0 saturated heterocycles. The van der Waals surface area contributed by atoms with Crippen molar-refractivity contribution in [3.05, 3.63) is 29.3 Å². The SMILES string of the molecule is CCS(=O)c1ccccc1Cl. The van der Waals surface area contributed by atoms with Crippen LogP contribution in [-0.4, -0.2) is 9.96 Å². The Morgan fingerprint density at radius 2 is 2.09 bits per heavy atom. The maximum absolute atomic E-state index is 11.3. The summed E-state index contributed by atoms with van der Waals surface area (Å²) >= 11 is 5.80. The van der Waals surface area contributed by atoms with Gasteiger partial charge in [0.15, 0.2) is 0 Å². The second-order valence-electron chi connectivity index (χ2n) is 2.06. The van der Waals surface area contributed by atoms with E-state index in [9.17, 15) is 4.21 Å². The Kier molecular flexibility index (Phi) is 3.09. The summed E-state index contributed by atoms with van der Waals surface area (Å²) in [6, 6.07) is 7.22. The van der Waals surface area contributed by atoms with E-state index in [1.54, 1.807) is 12.1 Å². The summed E-state index contributed by atoms with van der Waals surface area (Å²) < 4.78 is 11.3. The second-order valence-corrected chi connectivity index (χ2v) is 4.18. The Morgan fingerprint density at radius 1 is 1.45 bits per heavy atom. The molecule has 1 unspecified atom stereocenters. The van der Waals surface area contributed by atoms with Gasteiger partial charge in [-0.15, -0.1) is 0 Å². The van der Waals surface area contributed by atoms with Gasteiger partial charge >= 0.3 is 0 Å². The highest BCUT2D eigenvalue weighted by Crippen LogP contribution is 2.18. The van der Waals surface area contributed by atoms with Gasteiger partial charge in [-0.05, 0) is 12.1 Å². The molecule has 0 radical (unpaired) electrons. The van der Waals surface area contributed by atoms with E-state index in [1.807, 2.05) is 19.1 Å². The van der Waals surface area contributed by atoms with Crippen LogP contribution in [0.4, 0.5) is 0 Å². The summed E-state index contributed by atoms with van der Waals surface area (Å²) in [4.78, 5) is 0.733. The molecule has 0 aliphatic carbocycles. The maximum Gasteiger partial charge on any atom is 0.0574 e. The van der Waals surface area contributed by atoms with Gasteiger partial charge in [0.25, 0.3) is 0 Å². The fraction of sp³-hybridized carbons (Fsp3) is 0.250. The van der Waals surface area contributed by atoms with E-state index in [-0.39, 0.29) is 0 Å². The molecule has 1 atom stereocenters. The van der Waals surface area contributed by atoms with Crippen molar-refractivity contribution >= 4 is 22.4 Å². The fourth-order valence-corrected chi connectivity index (χ4v) is 2.01. The summed E-state index contributed by atoms with van der Waals surface area (Å²) in [6.07, 6.45) is 0. The highest BCUT2D eigenvalue weighted by Gasteiger charge is 2.03. The minimum absolute atomic E-state index is 0.590. The molecule has 11 heavy (non-hydrogen) atoms. The summed E-state index contributed by atoms with van der Waals surface area (Å²) in [6.45, 7) is 1.87. The third kappa shape index (κ3) is 2.04. The van der Waals surface area contributed by atoms with Crippen molar-refractivity contribution < 1.29 is 4.21 Å². The zero-order chi connectivity index (χ0) is 8.27. The Labute approximate surface area is 73.8 Å². The first-order valence-corrected chi connectivity index (χ1v) is 5.08. The average molecular weight is 189 g/mol. The molecule has 0 spiro atoms. The van der Waals surface area contributed by atoms with Crippen LogP contribution in [0.25, 0.3) is 0 Å². The van der Waals surface area contributed by atoms with E-state index >= 15 is 0 Å². The molecule has 0 amide bonds. The molecule has 0 bridgehead atoms. The van der Waals surface area contributed by atoms with Crippen LogP contribution in [0.5, 0.6) is 0 Å². The molecule has 0 aliphatic heterocycles. The number of rotatable bonds is 2. The number of hydrogen-bond acceptors (Lipinski definition) is 1. The zero-order valence-corrected chi connectivity index (χ0v) is 7.78. The molecule has 3 heteroatoms. The number of hydrogen-bond donors (Lipinski definition) is 0. The van der Waals surface area contributed by atoms with Crippen molar-refractivity contribution in [3.63, 3.8) is 0 Å². The summed E-state index contributed by atoms with van der Waals surface area (Å²) in [5, 5.41) is 0.590. The van der Waals surface area contributed by atoms with Crippen molar-refractivity contribution in [2.75, 3.05) is 5.75 Å². The van der Waals surface area contributed by atoms with E-state index in [4.69, 9.17) is 11.6 Å². The molecular weight excluding hydrogens is 180 g/mol. The average Bonchev–Trinajstić information content (AvgIpc) is 2.04. The van der Waals surface area contributed by atoms with Gasteiger partial charge in [-0.2, -0.15) is 0 Å². The lowest BCUT2D eigenvalue weighted by Crippen LogP contribution is -1.93. The Hall–Kier alpha value is -0.340. The van der Waals surface area contributed by atoms with Crippen LogP contribution in [0.2, 0.25) is 5.02 Å². The molecule has 60 valence electrons. The molecule has 0 saturated carbocycles. The minimum atomic E-state index is -0.934. The summed E-state index contributed by atoms with van der Waals surface area (Å²) in [7, 11) is -0.934. The predicted molar refractivity (Wildman–Crippen MR) is 48.4 cm³/mol. The van der Waals surface area contributed by atoms with Crippen LogP contribution in [0.1, 0.15) is 6.92 Å². The minimum Gasteiger partial charge on any atom is -0.254 e. The van der Waals surface area contributed by atoms with Crippen LogP contribution >= 0.6 is 11.6 Å². The maximum atomic E-state index is 11.3. The Morgan fingerprint density at radius 3 is 2.64 bits per heavy atom. The van der Waals surface area contributed by atoms with E-state index < -0.39 is 10.8 Å². The lowest BCUT2D eigenvalue weighted by atomic mass is 10.4. The van der Waals surface area contributed by atoms with E-state index in [1.165, 1.54) is 0 Å². The lowest BCUT2D eigenvalue weighted by Gasteiger charge is -1.99. The number of halogens is 1. The van der Waals surface area contributed by atoms with Crippen molar-refractivity contribution in [2.24, 2.45) is 0 Å². The Bertz CT molecular complexity index is 273. The molecule has 0 aromatic heterocycles. The van der Waals surface area contributed by atoms with Gasteiger partial charge in [0.2, 0.25) is 0 Å². The zero-order valence-electron chi connectivity index (χ0n) is 6.21. The monoisotopic (exact) mass is 188 g/mol. The molecule has 1 rings (SSSR count). The predicted octanol–water partition coefficient (Wildman–Crippen LogP) is 2.47. The van der Waals surface area contributed by atoms with Crippen LogP contribution in [0.15, 0.2) is 29.2 Å². The lowest BCUT2D eigenvalue weighted by molar-refractivity contribution is 0.684. The third-order valence-electron chi connectivity index (χ3n) is 1.34. The van der Waals surface area contributed by atoms with Crippen molar-refractivity contribution in [3.8, 4) is 0 Å². The van der Waals surface area contributed by atoms with Crippen LogP contribution in [0, 0.1) is 0 Å². The highest BCUT2D eigenvalue weighted by atomic mass is 35.5. The first-order valence-electron chi connectivity index (χ1n) is 3.38. The molecule has 1 aromatic carbocycles. The van der Waals surface area contributed by atoms with E-state index in [2.05, 4.69) is 0 Å². The van der Waals surface area contributed by atoms with Crippen LogP contribution in [-0.2, 0) is 10.8 Å². The summed E-state index contributed by atoms with van der Waals surface area (Å²) in [5.41, 5.74) is 0. The van der Waals surface area contributed by atoms with Crippen LogP contribution < -0.4 is 0 Å². The standard InChI is InChI=1S/C8H9ClOS/c1-2-11(10)8-6-4-3-5-7(8)9/h3-6H,2H2,1H3. The molecule has 0 fully saturated rings. The van der Waals surface area contributed by atoms with Gasteiger partial charge in [0, 0.05) is 5.75 Å². The van der Waals surface area contributed by atoms with Crippen molar-refractivity contribution in [1.82, 2.24) is 0 Å². The first-order chi connectivity index (χ1) is 5.25. The Balaban J connectivity index is 3.03. The largest absolute Gasteiger partial charge is 0.254 e. The topological polar surface area (TPSA) is 17.1 Å². The normalized spacial score (nSPS) is 12.9. The third-order valence-corrected chi connectivity index (χ3v) is 3.16. The molecular formula is C8H9ClOS. The second kappa shape index (κ2) is 3.88. The molecule has 0 N–H and O–H groups in total. The van der Waals surface area contributed by atoms with Gasteiger partial charge in [0.05, 0.1) is 20.7 Å². The van der Waals surface area contributed by atoms with Crippen molar-refractivity contribution in [2.45, 2.75) is 11.8 Å². The van der Waals surface area contributed by atoms with Crippen LogP contribution in [0.3, 0.4) is 0 Å². The van der Waals surface area contributed by atoms with E-state index in [0.717, 1.165) is 4.90 Å². The molecule has 1 aromatic rings. The van der Waals surface area contributed by atoms with Gasteiger partial charge in [0.1, 0.15) is 0 Å².